The quantitative estimate of drug-likeness (QED) is 0.0321. The van der Waals surface area contributed by atoms with E-state index in [1.807, 2.05) is 6.08 Å². The molecule has 0 aromatic carbocycles. The van der Waals surface area contributed by atoms with Crippen LogP contribution in [0.25, 0.3) is 0 Å². The van der Waals surface area contributed by atoms with Gasteiger partial charge < -0.3 is 20.3 Å². The summed E-state index contributed by atoms with van der Waals surface area (Å²) in [6.45, 7) is 4.89. The van der Waals surface area contributed by atoms with Gasteiger partial charge in [0.15, 0.2) is 0 Å². The summed E-state index contributed by atoms with van der Waals surface area (Å²) < 4.78 is 5.46. The molecule has 0 radical (unpaired) electrons. The van der Waals surface area contributed by atoms with Crippen LogP contribution >= 0.6 is 0 Å². The number of hydrogen-bond acceptors (Lipinski definition) is 5. The minimum Gasteiger partial charge on any atom is -0.466 e. The maximum atomic E-state index is 12.4. The molecule has 390 valence electrons. The van der Waals surface area contributed by atoms with Crippen molar-refractivity contribution in [3.8, 4) is 0 Å². The van der Waals surface area contributed by atoms with Gasteiger partial charge in [-0.25, -0.2) is 0 Å². The lowest BCUT2D eigenvalue weighted by molar-refractivity contribution is -0.143. The third-order valence-corrected chi connectivity index (χ3v) is 13.7. The zero-order chi connectivity index (χ0) is 47.9. The first kappa shape index (κ1) is 64.3. The minimum atomic E-state index is -0.843. The number of hydrogen-bond donors (Lipinski definition) is 3. The van der Waals surface area contributed by atoms with Gasteiger partial charge in [-0.05, 0) is 57.8 Å². The molecule has 0 aliphatic rings. The van der Waals surface area contributed by atoms with E-state index >= 15 is 0 Å². The number of aliphatic hydroxyl groups excluding tert-OH is 2. The summed E-state index contributed by atoms with van der Waals surface area (Å²) in [4.78, 5) is 24.5. The molecule has 66 heavy (non-hydrogen) atoms. The Kier molecular flexibility index (Phi) is 54.5. The van der Waals surface area contributed by atoms with Crippen LogP contribution < -0.4 is 5.32 Å². The highest BCUT2D eigenvalue weighted by atomic mass is 16.5. The standard InChI is InChI=1S/C60H115NO5/c1-3-5-7-9-11-13-15-17-29-32-36-40-44-48-52-58(63)57(56-62)61-59(64)53-49-45-41-37-33-30-27-25-23-21-19-18-20-22-24-26-28-31-35-39-43-47-51-55-66-60(65)54-50-46-42-38-34-16-14-12-10-8-6-4-2/h12,14,48,52,57-58,62-63H,3-11,13,15-47,49-51,53-56H2,1-2H3,(H,61,64)/b14-12-,52-48+. The van der Waals surface area contributed by atoms with Crippen molar-refractivity contribution >= 4 is 11.9 Å². The van der Waals surface area contributed by atoms with Gasteiger partial charge in [-0.1, -0.05) is 276 Å². The summed E-state index contributed by atoms with van der Waals surface area (Å²) >= 11 is 0. The van der Waals surface area contributed by atoms with Gasteiger partial charge >= 0.3 is 5.97 Å². The van der Waals surface area contributed by atoms with Gasteiger partial charge in [0, 0.05) is 12.8 Å². The molecule has 0 rings (SSSR count). The average Bonchev–Trinajstić information content (AvgIpc) is 3.32. The number of esters is 1. The Hall–Kier alpha value is -1.66. The van der Waals surface area contributed by atoms with Crippen molar-refractivity contribution in [3.05, 3.63) is 24.3 Å². The third-order valence-electron chi connectivity index (χ3n) is 13.7. The van der Waals surface area contributed by atoms with E-state index in [9.17, 15) is 19.8 Å². The number of aliphatic hydroxyl groups is 2. The molecule has 0 aliphatic heterocycles. The Bertz CT molecular complexity index is 1030. The maximum Gasteiger partial charge on any atom is 0.305 e. The number of nitrogens with one attached hydrogen (secondary N) is 1. The maximum absolute atomic E-state index is 12.4. The van der Waals surface area contributed by atoms with Crippen LogP contribution in [0.3, 0.4) is 0 Å². The summed E-state index contributed by atoms with van der Waals surface area (Å²) in [6.07, 6.45) is 67.8. The van der Waals surface area contributed by atoms with Gasteiger partial charge in [-0.15, -0.1) is 0 Å². The second-order valence-electron chi connectivity index (χ2n) is 20.3. The number of unbranched alkanes of at least 4 members (excludes halogenated alkanes) is 42. The van der Waals surface area contributed by atoms with E-state index in [0.29, 0.717) is 19.4 Å². The van der Waals surface area contributed by atoms with E-state index in [-0.39, 0.29) is 18.5 Å². The van der Waals surface area contributed by atoms with Gasteiger partial charge in [0.05, 0.1) is 25.4 Å². The molecule has 0 aromatic heterocycles. The molecule has 0 aromatic rings. The summed E-state index contributed by atoms with van der Waals surface area (Å²) in [5, 5.41) is 23.1. The van der Waals surface area contributed by atoms with Crippen LogP contribution in [0.4, 0.5) is 0 Å². The molecule has 6 nitrogen and oxygen atoms in total. The molecule has 6 heteroatoms. The van der Waals surface area contributed by atoms with Crippen molar-refractivity contribution in [2.45, 2.75) is 334 Å². The van der Waals surface area contributed by atoms with Crippen molar-refractivity contribution in [2.24, 2.45) is 0 Å². The summed E-state index contributed by atoms with van der Waals surface area (Å²) in [5.74, 6) is -0.0627. The molecule has 0 aliphatic carbocycles. The van der Waals surface area contributed by atoms with Gasteiger partial charge in [-0.3, -0.25) is 9.59 Å². The number of carbonyl (C=O) groups excluding carboxylic acids is 2. The van der Waals surface area contributed by atoms with Crippen LogP contribution in [0.15, 0.2) is 24.3 Å². The monoisotopic (exact) mass is 930 g/mol. The summed E-state index contributed by atoms with van der Waals surface area (Å²) in [5.41, 5.74) is 0. The number of ether oxygens (including phenoxy) is 1. The normalized spacial score (nSPS) is 12.7. The number of carbonyl (C=O) groups is 2. The third kappa shape index (κ3) is 51.7. The zero-order valence-electron chi connectivity index (χ0n) is 44.4. The molecule has 1 amide bonds. The highest BCUT2D eigenvalue weighted by molar-refractivity contribution is 5.76. The molecule has 0 fully saturated rings. The van der Waals surface area contributed by atoms with Crippen molar-refractivity contribution in [1.29, 1.82) is 0 Å². The fourth-order valence-electron chi connectivity index (χ4n) is 9.16. The SMILES string of the molecule is CCCCC/C=C\CCCCCCCC(=O)OCCCCCCCCCCCCCCCCCCCCCCCCCC(=O)NC(CO)C(O)/C=C/CCCCCCCCCCCCCC. The van der Waals surface area contributed by atoms with Crippen LogP contribution in [0, 0.1) is 0 Å². The van der Waals surface area contributed by atoms with Crippen LogP contribution in [-0.2, 0) is 14.3 Å². The van der Waals surface area contributed by atoms with E-state index in [1.165, 1.54) is 250 Å². The molecule has 0 heterocycles. The molecule has 0 saturated carbocycles. The Morgan fingerprint density at radius 1 is 0.409 bits per heavy atom. The van der Waals surface area contributed by atoms with Crippen LogP contribution in [0.1, 0.15) is 322 Å². The highest BCUT2D eigenvalue weighted by Crippen LogP contribution is 2.17. The predicted octanol–water partition coefficient (Wildman–Crippen LogP) is 18.2. The van der Waals surface area contributed by atoms with Crippen molar-refractivity contribution < 1.29 is 24.5 Å². The smallest absolute Gasteiger partial charge is 0.305 e. The van der Waals surface area contributed by atoms with E-state index in [0.717, 1.165) is 44.9 Å². The van der Waals surface area contributed by atoms with Crippen LogP contribution in [0.5, 0.6) is 0 Å². The fourth-order valence-corrected chi connectivity index (χ4v) is 9.16. The first-order valence-corrected chi connectivity index (χ1v) is 29.6. The summed E-state index contributed by atoms with van der Waals surface area (Å²) in [6, 6.07) is -0.626. The molecule has 0 saturated heterocycles. The number of amides is 1. The molecular weight excluding hydrogens is 815 g/mol. The molecule has 0 spiro atoms. The van der Waals surface area contributed by atoms with Crippen LogP contribution in [-0.4, -0.2) is 47.4 Å². The number of allylic oxidation sites excluding steroid dienone is 3. The largest absolute Gasteiger partial charge is 0.466 e. The zero-order valence-corrected chi connectivity index (χ0v) is 44.4. The highest BCUT2D eigenvalue weighted by Gasteiger charge is 2.18. The topological polar surface area (TPSA) is 95.9 Å². The van der Waals surface area contributed by atoms with Gasteiger partial charge in [0.2, 0.25) is 5.91 Å². The van der Waals surface area contributed by atoms with E-state index in [2.05, 4.69) is 31.3 Å². The van der Waals surface area contributed by atoms with Crippen molar-refractivity contribution in [2.75, 3.05) is 13.2 Å². The first-order chi connectivity index (χ1) is 32.5. The van der Waals surface area contributed by atoms with E-state index < -0.39 is 12.1 Å². The lowest BCUT2D eigenvalue weighted by Gasteiger charge is -2.20. The molecule has 3 N–H and O–H groups in total. The first-order valence-electron chi connectivity index (χ1n) is 29.6. The Morgan fingerprint density at radius 3 is 1.11 bits per heavy atom. The van der Waals surface area contributed by atoms with Gasteiger partial charge in [0.1, 0.15) is 0 Å². The van der Waals surface area contributed by atoms with Gasteiger partial charge in [0.25, 0.3) is 0 Å². The average molecular weight is 931 g/mol. The summed E-state index contributed by atoms with van der Waals surface area (Å²) in [7, 11) is 0. The van der Waals surface area contributed by atoms with Crippen molar-refractivity contribution in [3.63, 3.8) is 0 Å². The molecule has 0 bridgehead atoms. The Labute approximate surface area is 411 Å². The lowest BCUT2D eigenvalue weighted by Crippen LogP contribution is -2.45. The second kappa shape index (κ2) is 55.9. The van der Waals surface area contributed by atoms with Gasteiger partial charge in [-0.2, -0.15) is 0 Å². The number of rotatable bonds is 55. The molecule has 2 atom stereocenters. The van der Waals surface area contributed by atoms with Crippen molar-refractivity contribution in [1.82, 2.24) is 5.32 Å². The second-order valence-corrected chi connectivity index (χ2v) is 20.3. The van der Waals surface area contributed by atoms with E-state index in [4.69, 9.17) is 4.74 Å². The van der Waals surface area contributed by atoms with E-state index in [1.54, 1.807) is 6.08 Å². The predicted molar refractivity (Wildman–Crippen MR) is 287 cm³/mol. The lowest BCUT2D eigenvalue weighted by atomic mass is 10.0. The minimum absolute atomic E-state index is 0.00381. The Morgan fingerprint density at radius 2 is 0.712 bits per heavy atom. The molecular formula is C60H115NO5. The fraction of sp³-hybridized carbons (Fsp3) is 0.900. The van der Waals surface area contributed by atoms with Crippen LogP contribution in [0.2, 0.25) is 0 Å². The Balaban J connectivity index is 3.39. The molecule has 2 unspecified atom stereocenters.